The lowest BCUT2D eigenvalue weighted by Crippen LogP contribution is -2.43. The molecule has 5 nitrogen and oxygen atoms in total. The van der Waals surface area contributed by atoms with Crippen LogP contribution < -0.4 is 0 Å². The lowest BCUT2D eigenvalue weighted by molar-refractivity contribution is -0.161. The first kappa shape index (κ1) is 23.6. The third-order valence-corrected chi connectivity index (χ3v) is 4.34. The van der Waals surface area contributed by atoms with Crippen LogP contribution >= 0.6 is 0 Å². The summed E-state index contributed by atoms with van der Waals surface area (Å²) in [6.07, 6.45) is 5.30. The minimum atomic E-state index is -0.849. The number of carbonyl (C=O) groups is 2. The number of Topliss-reactive ketones (excluding diaryl/α,β-unsaturated/α-hetero) is 1. The van der Waals surface area contributed by atoms with Gasteiger partial charge in [-0.15, -0.1) is 12.3 Å². The zero-order chi connectivity index (χ0) is 19.8. The van der Waals surface area contributed by atoms with Crippen LogP contribution in [0.25, 0.3) is 0 Å². The summed E-state index contributed by atoms with van der Waals surface area (Å²) >= 11 is 0. The molecule has 0 aromatic rings. The topological polar surface area (TPSA) is 61.8 Å². The first-order valence-electron chi connectivity index (χ1n) is 8.63. The van der Waals surface area contributed by atoms with Gasteiger partial charge >= 0.3 is 5.97 Å². The van der Waals surface area contributed by atoms with Gasteiger partial charge in [0, 0.05) is 27.1 Å². The van der Waals surface area contributed by atoms with Gasteiger partial charge in [0.05, 0.1) is 24.0 Å². The van der Waals surface area contributed by atoms with Gasteiger partial charge in [-0.1, -0.05) is 20.8 Å². The van der Waals surface area contributed by atoms with Gasteiger partial charge < -0.3 is 14.2 Å². The zero-order valence-electron chi connectivity index (χ0n) is 17.0. The molecule has 0 fully saturated rings. The van der Waals surface area contributed by atoms with Crippen molar-refractivity contribution in [3.05, 3.63) is 0 Å². The predicted molar refractivity (Wildman–Crippen MR) is 98.1 cm³/mol. The average molecular weight is 354 g/mol. The smallest absolute Gasteiger partial charge is 0.308 e. The lowest BCUT2D eigenvalue weighted by atomic mass is 9.77. The Labute approximate surface area is 152 Å². The Morgan fingerprint density at radius 3 is 2.00 bits per heavy atom. The van der Waals surface area contributed by atoms with Gasteiger partial charge in [0.1, 0.15) is 11.4 Å². The van der Waals surface area contributed by atoms with E-state index in [2.05, 4.69) is 5.92 Å². The number of esters is 1. The largest absolute Gasteiger partial charge is 0.460 e. The summed E-state index contributed by atoms with van der Waals surface area (Å²) in [7, 11) is 3.07. The van der Waals surface area contributed by atoms with Gasteiger partial charge in [-0.3, -0.25) is 9.59 Å². The third kappa shape index (κ3) is 8.02. The Bertz CT molecular complexity index is 481. The van der Waals surface area contributed by atoms with Gasteiger partial charge in [0.15, 0.2) is 0 Å². The van der Waals surface area contributed by atoms with Gasteiger partial charge in [0.25, 0.3) is 0 Å². The lowest BCUT2D eigenvalue weighted by Gasteiger charge is -2.34. The highest BCUT2D eigenvalue weighted by molar-refractivity contribution is 5.86. The second-order valence-electron chi connectivity index (χ2n) is 8.02. The number of ketones is 1. The minimum absolute atomic E-state index is 0.0179. The van der Waals surface area contributed by atoms with E-state index in [-0.39, 0.29) is 36.6 Å². The first-order chi connectivity index (χ1) is 11.4. The predicted octanol–water partition coefficient (Wildman–Crippen LogP) is 3.39. The number of methoxy groups -OCH3 is 2. The molecule has 0 aromatic heterocycles. The molecular formula is C20H34O5. The van der Waals surface area contributed by atoms with Crippen molar-refractivity contribution >= 4 is 11.8 Å². The molecule has 0 amide bonds. The molecular weight excluding hydrogens is 320 g/mol. The monoisotopic (exact) mass is 354 g/mol. The van der Waals surface area contributed by atoms with Crippen molar-refractivity contribution in [2.75, 3.05) is 14.2 Å². The molecule has 0 aliphatic rings. The number of hydrogen-bond acceptors (Lipinski definition) is 5. The summed E-state index contributed by atoms with van der Waals surface area (Å²) in [5.41, 5.74) is -1.42. The van der Waals surface area contributed by atoms with Crippen molar-refractivity contribution < 1.29 is 23.8 Å². The van der Waals surface area contributed by atoms with Crippen molar-refractivity contribution in [2.24, 2.45) is 11.3 Å². The van der Waals surface area contributed by atoms with Crippen molar-refractivity contribution in [1.29, 1.82) is 0 Å². The molecule has 0 N–H and O–H groups in total. The zero-order valence-corrected chi connectivity index (χ0v) is 17.0. The molecule has 25 heavy (non-hydrogen) atoms. The number of rotatable bonds is 10. The summed E-state index contributed by atoms with van der Waals surface area (Å²) in [6.45, 7) is 10.9. The molecule has 0 aliphatic carbocycles. The van der Waals surface area contributed by atoms with E-state index in [4.69, 9.17) is 20.6 Å². The van der Waals surface area contributed by atoms with Gasteiger partial charge in [0.2, 0.25) is 0 Å². The summed E-state index contributed by atoms with van der Waals surface area (Å²) in [5, 5.41) is 0. The highest BCUT2D eigenvalue weighted by atomic mass is 16.6. The fourth-order valence-electron chi connectivity index (χ4n) is 2.63. The van der Waals surface area contributed by atoms with E-state index < -0.39 is 17.1 Å². The van der Waals surface area contributed by atoms with E-state index in [0.29, 0.717) is 6.42 Å². The van der Waals surface area contributed by atoms with Crippen molar-refractivity contribution in [2.45, 2.75) is 78.6 Å². The van der Waals surface area contributed by atoms with Crippen molar-refractivity contribution in [3.63, 3.8) is 0 Å². The average Bonchev–Trinajstić information content (AvgIpc) is 2.47. The number of ether oxygens (including phenoxy) is 3. The summed E-state index contributed by atoms with van der Waals surface area (Å²) in [5.74, 6) is 2.26. The Morgan fingerprint density at radius 1 is 1.04 bits per heavy atom. The number of terminal acetylenes is 1. The normalized spacial score (nSPS) is 15.8. The fraction of sp³-hybridized carbons (Fsp3) is 0.800. The van der Waals surface area contributed by atoms with E-state index in [9.17, 15) is 9.59 Å². The van der Waals surface area contributed by atoms with Crippen molar-refractivity contribution in [1.82, 2.24) is 0 Å². The summed E-state index contributed by atoms with van der Waals surface area (Å²) < 4.78 is 16.2. The second kappa shape index (κ2) is 9.94. The molecule has 0 rings (SSSR count). The van der Waals surface area contributed by atoms with E-state index in [1.807, 2.05) is 6.92 Å². The van der Waals surface area contributed by atoms with Crippen LogP contribution in [0, 0.1) is 23.7 Å². The second-order valence-corrected chi connectivity index (χ2v) is 8.02. The fourth-order valence-corrected chi connectivity index (χ4v) is 2.63. The molecule has 5 heteroatoms. The molecule has 0 aromatic carbocycles. The Hall–Kier alpha value is -1.38. The van der Waals surface area contributed by atoms with Crippen LogP contribution in [0.5, 0.6) is 0 Å². The Balaban J connectivity index is 5.06. The van der Waals surface area contributed by atoms with Crippen molar-refractivity contribution in [3.8, 4) is 12.3 Å². The molecule has 0 saturated heterocycles. The van der Waals surface area contributed by atoms with Crippen LogP contribution in [0.15, 0.2) is 0 Å². The molecule has 0 heterocycles. The van der Waals surface area contributed by atoms with E-state index in [0.717, 1.165) is 0 Å². The van der Waals surface area contributed by atoms with Crippen LogP contribution in [0.3, 0.4) is 0 Å². The van der Waals surface area contributed by atoms with Crippen LogP contribution in [-0.4, -0.2) is 43.8 Å². The van der Waals surface area contributed by atoms with E-state index >= 15 is 0 Å². The molecule has 0 spiro atoms. The Morgan fingerprint density at radius 2 is 1.60 bits per heavy atom. The summed E-state index contributed by atoms with van der Waals surface area (Å²) in [6, 6.07) is 0. The highest BCUT2D eigenvalue weighted by Gasteiger charge is 2.40. The van der Waals surface area contributed by atoms with Crippen LogP contribution in [0.4, 0.5) is 0 Å². The van der Waals surface area contributed by atoms with E-state index in [1.54, 1.807) is 41.7 Å². The van der Waals surface area contributed by atoms with Gasteiger partial charge in [-0.05, 0) is 26.7 Å². The maximum Gasteiger partial charge on any atom is 0.308 e. The molecule has 0 unspecified atom stereocenters. The maximum atomic E-state index is 12.8. The van der Waals surface area contributed by atoms with Crippen LogP contribution in [-0.2, 0) is 23.8 Å². The number of carbonyl (C=O) groups excluding carboxylic acids is 2. The highest BCUT2D eigenvalue weighted by Crippen LogP contribution is 2.31. The molecule has 0 radical (unpaired) electrons. The molecule has 0 saturated carbocycles. The van der Waals surface area contributed by atoms with Gasteiger partial charge in [-0.25, -0.2) is 0 Å². The molecule has 144 valence electrons. The third-order valence-electron chi connectivity index (χ3n) is 4.34. The van der Waals surface area contributed by atoms with Crippen LogP contribution in [0.2, 0.25) is 0 Å². The molecule has 3 atom stereocenters. The van der Waals surface area contributed by atoms with Gasteiger partial charge in [-0.2, -0.15) is 0 Å². The number of hydrogen-bond donors (Lipinski definition) is 0. The quantitative estimate of drug-likeness (QED) is 0.444. The van der Waals surface area contributed by atoms with E-state index in [1.165, 1.54) is 7.11 Å². The maximum absolute atomic E-state index is 12.8. The standard InChI is InChI=1S/C20H34O5/c1-10-11-14(2)15(23-8)12-16(21)20(6,7)17(24-9)13-18(22)25-19(3,4)5/h1,14-15,17H,11-13H2,2-9H3/t14-,15+,17-/m0/s1. The first-order valence-corrected chi connectivity index (χ1v) is 8.63. The molecule has 0 bridgehead atoms. The SMILES string of the molecule is C#CC[C@H](C)[C@@H](CC(=O)C(C)(C)[C@H](CC(=O)OC(C)(C)C)OC)OC. The minimum Gasteiger partial charge on any atom is -0.460 e. The molecule has 0 aliphatic heterocycles. The van der Waals surface area contributed by atoms with Crippen LogP contribution in [0.1, 0.15) is 60.8 Å². The summed E-state index contributed by atoms with van der Waals surface area (Å²) in [4.78, 5) is 25.0. The Kier molecular flexibility index (Phi) is 9.39.